The predicted octanol–water partition coefficient (Wildman–Crippen LogP) is 1.67. The smallest absolute Gasteiger partial charge is 0.305 e. The maximum atomic E-state index is 12.9. The van der Waals surface area contributed by atoms with Crippen LogP contribution in [0.1, 0.15) is 34.8 Å². The topological polar surface area (TPSA) is 135 Å². The molecular formula is C23H23N3O7S. The number of amides is 2. The van der Waals surface area contributed by atoms with E-state index in [1.54, 1.807) is 24.3 Å². The number of fused-ring (bicyclic) bond motifs is 1. The molecule has 0 spiro atoms. The van der Waals surface area contributed by atoms with E-state index >= 15 is 0 Å². The van der Waals surface area contributed by atoms with Gasteiger partial charge in [-0.25, -0.2) is 8.42 Å². The molecule has 1 saturated heterocycles. The predicted molar refractivity (Wildman–Crippen MR) is 123 cm³/mol. The Morgan fingerprint density at radius 2 is 1.56 bits per heavy atom. The highest BCUT2D eigenvalue weighted by Gasteiger charge is 2.32. The molecule has 2 N–H and O–H groups in total. The second kappa shape index (κ2) is 9.37. The first-order chi connectivity index (χ1) is 16.1. The van der Waals surface area contributed by atoms with Crippen LogP contribution in [0, 0.1) is 0 Å². The van der Waals surface area contributed by atoms with Gasteiger partial charge in [0.2, 0.25) is 10.0 Å². The van der Waals surface area contributed by atoms with Gasteiger partial charge in [-0.15, -0.1) is 0 Å². The van der Waals surface area contributed by atoms with E-state index in [0.717, 1.165) is 6.07 Å². The number of para-hydroxylation sites is 1. The van der Waals surface area contributed by atoms with Crippen LogP contribution < -0.4 is 16.3 Å². The Labute approximate surface area is 195 Å². The number of sulfonamides is 1. The van der Waals surface area contributed by atoms with Crippen LogP contribution in [0.5, 0.6) is 0 Å². The van der Waals surface area contributed by atoms with E-state index < -0.39 is 21.8 Å². The van der Waals surface area contributed by atoms with Crippen molar-refractivity contribution in [2.45, 2.75) is 31.0 Å². The molecule has 2 heterocycles. The Hall–Kier alpha value is -3.54. The van der Waals surface area contributed by atoms with E-state index in [2.05, 4.69) is 10.9 Å². The highest BCUT2D eigenvalue weighted by molar-refractivity contribution is 7.89. The molecule has 1 aromatic heterocycles. The third-order valence-corrected chi connectivity index (χ3v) is 7.13. The molecule has 2 atom stereocenters. The molecule has 1 fully saturated rings. The second-order valence-corrected chi connectivity index (χ2v) is 9.92. The van der Waals surface area contributed by atoms with Crippen LogP contribution in [-0.2, 0) is 14.8 Å². The Morgan fingerprint density at radius 1 is 0.941 bits per heavy atom. The van der Waals surface area contributed by atoms with Crippen molar-refractivity contribution in [3.63, 3.8) is 0 Å². The molecule has 1 aliphatic heterocycles. The normalized spacial score (nSPS) is 19.0. The Morgan fingerprint density at radius 3 is 2.24 bits per heavy atom. The quantitative estimate of drug-likeness (QED) is 0.537. The van der Waals surface area contributed by atoms with Crippen molar-refractivity contribution in [3.05, 3.63) is 76.1 Å². The number of carbonyl (C=O) groups excluding carboxylic acids is 2. The molecule has 34 heavy (non-hydrogen) atoms. The number of hydrogen-bond acceptors (Lipinski definition) is 7. The average Bonchev–Trinajstić information content (AvgIpc) is 2.81. The van der Waals surface area contributed by atoms with Crippen LogP contribution in [0.2, 0.25) is 0 Å². The molecule has 0 aliphatic carbocycles. The van der Waals surface area contributed by atoms with Crippen LogP contribution in [0.4, 0.5) is 0 Å². The summed E-state index contributed by atoms with van der Waals surface area (Å²) < 4.78 is 38.2. The average molecular weight is 486 g/mol. The van der Waals surface area contributed by atoms with Crippen molar-refractivity contribution >= 4 is 32.8 Å². The number of hydrazine groups is 1. The summed E-state index contributed by atoms with van der Waals surface area (Å²) >= 11 is 0. The molecule has 11 heteroatoms. The summed E-state index contributed by atoms with van der Waals surface area (Å²) in [5, 5.41) is 0.333. The molecule has 0 unspecified atom stereocenters. The lowest BCUT2D eigenvalue weighted by molar-refractivity contribution is -0.0440. The SMILES string of the molecule is C[C@@H]1CN(S(=O)(=O)c2ccc(C(=O)NNC(=O)c3cc(=O)c4ccccc4o3)cc2)C[C@@H](C)O1. The van der Waals surface area contributed by atoms with Gasteiger partial charge in [0, 0.05) is 24.7 Å². The van der Waals surface area contributed by atoms with Gasteiger partial charge in [0.1, 0.15) is 5.58 Å². The van der Waals surface area contributed by atoms with Gasteiger partial charge in [-0.1, -0.05) is 12.1 Å². The fraction of sp³-hybridized carbons (Fsp3) is 0.261. The summed E-state index contributed by atoms with van der Waals surface area (Å²) in [4.78, 5) is 36.9. The minimum absolute atomic E-state index is 0.0484. The lowest BCUT2D eigenvalue weighted by Gasteiger charge is -2.34. The van der Waals surface area contributed by atoms with Gasteiger partial charge in [-0.2, -0.15) is 4.31 Å². The number of benzene rings is 2. The number of morpholine rings is 1. The van der Waals surface area contributed by atoms with Gasteiger partial charge >= 0.3 is 5.91 Å². The van der Waals surface area contributed by atoms with Crippen molar-refractivity contribution in [3.8, 4) is 0 Å². The van der Waals surface area contributed by atoms with E-state index in [1.165, 1.54) is 28.6 Å². The van der Waals surface area contributed by atoms with Crippen molar-refractivity contribution in [1.29, 1.82) is 0 Å². The van der Waals surface area contributed by atoms with Crippen molar-refractivity contribution in [2.75, 3.05) is 13.1 Å². The summed E-state index contributed by atoms with van der Waals surface area (Å²) in [6.07, 6.45) is -0.446. The number of ether oxygens (including phenoxy) is 1. The van der Waals surface area contributed by atoms with Gasteiger partial charge in [0.25, 0.3) is 5.91 Å². The first-order valence-electron chi connectivity index (χ1n) is 10.5. The van der Waals surface area contributed by atoms with Crippen molar-refractivity contribution in [2.24, 2.45) is 0 Å². The van der Waals surface area contributed by atoms with Gasteiger partial charge in [0.05, 0.1) is 22.5 Å². The van der Waals surface area contributed by atoms with E-state index in [0.29, 0.717) is 5.39 Å². The molecule has 2 aromatic carbocycles. The zero-order valence-electron chi connectivity index (χ0n) is 18.5. The van der Waals surface area contributed by atoms with Gasteiger partial charge in [-0.05, 0) is 50.2 Å². The Balaban J connectivity index is 1.42. The van der Waals surface area contributed by atoms with Crippen LogP contribution in [0.15, 0.2) is 68.7 Å². The van der Waals surface area contributed by atoms with E-state index in [-0.39, 0.29) is 52.5 Å². The zero-order chi connectivity index (χ0) is 24.5. The lowest BCUT2D eigenvalue weighted by Crippen LogP contribution is -2.48. The molecule has 1 aliphatic rings. The monoisotopic (exact) mass is 485 g/mol. The first kappa shape index (κ1) is 23.6. The molecule has 0 bridgehead atoms. The largest absolute Gasteiger partial charge is 0.451 e. The summed E-state index contributed by atoms with van der Waals surface area (Å²) in [5.41, 5.74) is 4.39. The number of nitrogens with one attached hydrogen (secondary N) is 2. The van der Waals surface area contributed by atoms with Crippen molar-refractivity contribution in [1.82, 2.24) is 15.2 Å². The van der Waals surface area contributed by atoms with Gasteiger partial charge < -0.3 is 9.15 Å². The summed E-state index contributed by atoms with van der Waals surface area (Å²) in [6.45, 7) is 4.10. The standard InChI is InChI=1S/C23H23N3O7S/c1-14-12-26(13-15(2)32-14)34(30,31)17-9-7-16(8-10-17)22(28)24-25-23(29)21-11-19(27)18-5-3-4-6-20(18)33-21/h3-11,14-15H,12-13H2,1-2H3,(H,24,28)(H,25,29)/t14-,15-/m1/s1. The van der Waals surface area contributed by atoms with E-state index in [4.69, 9.17) is 9.15 Å². The number of nitrogens with zero attached hydrogens (tertiary/aromatic N) is 1. The maximum absolute atomic E-state index is 12.9. The van der Waals surface area contributed by atoms with E-state index in [9.17, 15) is 22.8 Å². The summed E-state index contributed by atoms with van der Waals surface area (Å²) in [7, 11) is -3.74. The Bertz CT molecular complexity index is 1390. The minimum Gasteiger partial charge on any atom is -0.451 e. The molecule has 4 rings (SSSR count). The van der Waals surface area contributed by atoms with Crippen LogP contribution in [-0.4, -0.2) is 49.8 Å². The molecule has 10 nitrogen and oxygen atoms in total. The molecule has 3 aromatic rings. The maximum Gasteiger partial charge on any atom is 0.305 e. The fourth-order valence-electron chi connectivity index (χ4n) is 3.72. The third-order valence-electron chi connectivity index (χ3n) is 5.29. The molecule has 178 valence electrons. The van der Waals surface area contributed by atoms with Crippen LogP contribution in [0.3, 0.4) is 0 Å². The minimum atomic E-state index is -3.74. The summed E-state index contributed by atoms with van der Waals surface area (Å²) in [6, 6.07) is 12.9. The fourth-order valence-corrected chi connectivity index (χ4v) is 5.31. The Kier molecular flexibility index (Phi) is 6.51. The lowest BCUT2D eigenvalue weighted by atomic mass is 10.2. The third kappa shape index (κ3) is 4.86. The first-order valence-corrected chi connectivity index (χ1v) is 12.0. The highest BCUT2D eigenvalue weighted by atomic mass is 32.2. The molecule has 0 radical (unpaired) electrons. The number of carbonyl (C=O) groups is 2. The second-order valence-electron chi connectivity index (χ2n) is 7.98. The van der Waals surface area contributed by atoms with Crippen LogP contribution in [0.25, 0.3) is 11.0 Å². The number of rotatable bonds is 4. The molecule has 2 amide bonds. The highest BCUT2D eigenvalue weighted by Crippen LogP contribution is 2.21. The van der Waals surface area contributed by atoms with Crippen molar-refractivity contribution < 1.29 is 27.2 Å². The summed E-state index contributed by atoms with van der Waals surface area (Å²) in [5.74, 6) is -1.75. The van der Waals surface area contributed by atoms with Gasteiger partial charge in [-0.3, -0.25) is 25.2 Å². The van der Waals surface area contributed by atoms with Gasteiger partial charge in [0.15, 0.2) is 11.2 Å². The van der Waals surface area contributed by atoms with E-state index in [1.807, 2.05) is 13.8 Å². The van der Waals surface area contributed by atoms with Crippen LogP contribution >= 0.6 is 0 Å². The molecular weight excluding hydrogens is 462 g/mol. The molecule has 0 saturated carbocycles. The number of hydrogen-bond donors (Lipinski definition) is 2. The zero-order valence-corrected chi connectivity index (χ0v) is 19.3.